The number of H-pyrrole nitrogens is 4. The maximum absolute atomic E-state index is 11.2. The topological polar surface area (TPSA) is 336 Å². The minimum absolute atomic E-state index is 0. The van der Waals surface area contributed by atoms with Crippen LogP contribution in [-0.2, 0) is 26.0 Å². The fourth-order valence-electron chi connectivity index (χ4n) is 12.3. The van der Waals surface area contributed by atoms with Gasteiger partial charge in [0.1, 0.15) is 12.6 Å². The van der Waals surface area contributed by atoms with Crippen molar-refractivity contribution in [1.82, 2.24) is 55.7 Å². The van der Waals surface area contributed by atoms with Crippen molar-refractivity contribution in [2.45, 2.75) is 20.8 Å². The smallest absolute Gasteiger partial charge is 0.344 e. The third-order valence-corrected chi connectivity index (χ3v) is 20.5. The van der Waals surface area contributed by atoms with E-state index in [1.165, 1.54) is 18.6 Å². The number of benzene rings is 8. The molecule has 0 amide bonds. The van der Waals surface area contributed by atoms with E-state index in [9.17, 15) is 19.2 Å². The van der Waals surface area contributed by atoms with Crippen LogP contribution in [0.4, 0.5) is 0 Å². The van der Waals surface area contributed by atoms with Gasteiger partial charge in [0.25, 0.3) is 0 Å². The van der Waals surface area contributed by atoms with Crippen molar-refractivity contribution in [3.63, 3.8) is 0 Å². The van der Waals surface area contributed by atoms with Gasteiger partial charge in [-0.15, -0.1) is 0 Å². The lowest BCUT2D eigenvalue weighted by Crippen LogP contribution is -3.00. The number of ether oxygens (including phenoxy) is 12. The third-order valence-electron chi connectivity index (χ3n) is 18.4. The summed E-state index contributed by atoms with van der Waals surface area (Å²) in [6.45, 7) is 7.68. The normalized spacial score (nSPS) is 11.4. The molecule has 16 aromatic rings. The number of carbonyl (C=O) groups is 4. The van der Waals surface area contributed by atoms with Crippen LogP contribution in [0.1, 0.15) is 62.2 Å². The number of aromatic nitrogens is 12. The zero-order chi connectivity index (χ0) is 90.2. The van der Waals surface area contributed by atoms with E-state index in [0.717, 1.165) is 154 Å². The van der Waals surface area contributed by atoms with Gasteiger partial charge in [0.05, 0.1) is 82.1 Å². The molecule has 0 saturated heterocycles. The summed E-state index contributed by atoms with van der Waals surface area (Å²) < 4.78 is 67.7. The number of aromatic amines is 4. The van der Waals surface area contributed by atoms with Gasteiger partial charge >= 0.3 is 23.9 Å². The second-order valence-electron chi connectivity index (χ2n) is 27.2. The SMILES string of the molecule is Brc1cccc(-c2cc(-c3ccc4c(c3)OCO4)[nH]n2)c1.Brc1cccc(-c2cc(-c3ccc4c(c3)OCO4)[nH]n2)c1.Brc1cccc(-c2cc(-c3ccc4c(c3)OCO4)[nH]n2)c1.Brc1cccc(-c2cc(-c3ccc4c(c3)OCO4)[nH]n2)c1.CCOC(=O)c1ccc[n+](C)c1.CCOC(=O)c1cccnc1.CCOC(=O)c1cccnc1.O=C(OCCl)c1cccnc1.[I-]. The highest BCUT2D eigenvalue weighted by Crippen LogP contribution is 2.41. The molecule has 4 N–H and O–H groups in total. The first-order valence-corrected chi connectivity index (χ1v) is 43.4. The minimum atomic E-state index is -0.451. The molecular formula is C96H80Br4ClIN12O16. The van der Waals surface area contributed by atoms with Crippen molar-refractivity contribution in [2.75, 3.05) is 53.1 Å². The Morgan fingerprint density at radius 3 is 0.854 bits per heavy atom. The van der Waals surface area contributed by atoms with Gasteiger partial charge in [-0.3, -0.25) is 35.3 Å². The van der Waals surface area contributed by atoms with Gasteiger partial charge in [-0.25, -0.2) is 23.7 Å². The van der Waals surface area contributed by atoms with Crippen LogP contribution in [0.5, 0.6) is 46.0 Å². The molecule has 0 fully saturated rings. The lowest BCUT2D eigenvalue weighted by molar-refractivity contribution is -0.671. The summed E-state index contributed by atoms with van der Waals surface area (Å²) in [5, 5.41) is 29.8. The molecule has 20 rings (SSSR count). The average Bonchev–Trinajstić information content (AvgIpc) is 1.68. The van der Waals surface area contributed by atoms with E-state index in [1.807, 2.05) is 218 Å². The molecule has 0 saturated carbocycles. The number of carbonyl (C=O) groups excluding carboxylic acids is 4. The number of halogens is 6. The van der Waals surface area contributed by atoms with E-state index >= 15 is 0 Å². The Morgan fingerprint density at radius 2 is 0.600 bits per heavy atom. The zero-order valence-electron chi connectivity index (χ0n) is 69.7. The van der Waals surface area contributed by atoms with E-state index in [2.05, 4.69) is 124 Å². The molecule has 12 heterocycles. The van der Waals surface area contributed by atoms with Gasteiger partial charge in [-0.05, 0) is 209 Å². The number of nitrogens with zero attached hydrogens (tertiary/aromatic N) is 8. The number of esters is 4. The molecule has 0 unspecified atom stereocenters. The molecule has 28 nitrogen and oxygen atoms in total. The Morgan fingerprint density at radius 1 is 0.331 bits per heavy atom. The van der Waals surface area contributed by atoms with Gasteiger partial charge in [0.15, 0.2) is 64.5 Å². The van der Waals surface area contributed by atoms with Gasteiger partial charge in [-0.2, -0.15) is 20.4 Å². The second-order valence-corrected chi connectivity index (χ2v) is 31.0. The Balaban J connectivity index is 0.000000137. The molecule has 8 aromatic carbocycles. The molecule has 4 aliphatic rings. The largest absolute Gasteiger partial charge is 1.00 e. The number of nitrogens with one attached hydrogen (secondary N) is 4. The van der Waals surface area contributed by atoms with Gasteiger partial charge in [0, 0.05) is 106 Å². The lowest BCUT2D eigenvalue weighted by Gasteiger charge is -1.99. The van der Waals surface area contributed by atoms with Crippen LogP contribution < -0.4 is 66.4 Å². The minimum Gasteiger partial charge on any atom is -1.00 e. The summed E-state index contributed by atoms with van der Waals surface area (Å²) in [6, 6.07) is 77.2. The van der Waals surface area contributed by atoms with Crippen molar-refractivity contribution in [1.29, 1.82) is 0 Å². The summed E-state index contributed by atoms with van der Waals surface area (Å²) in [4.78, 5) is 55.3. The van der Waals surface area contributed by atoms with E-state index in [1.54, 1.807) is 88.0 Å². The number of alkyl halides is 1. The fraction of sp³-hybridized carbons (Fsp3) is 0.125. The zero-order valence-corrected chi connectivity index (χ0v) is 79.0. The van der Waals surface area contributed by atoms with Crippen LogP contribution >= 0.6 is 75.3 Å². The van der Waals surface area contributed by atoms with Crippen LogP contribution in [0.25, 0.3) is 90.1 Å². The molecule has 0 bridgehead atoms. The van der Waals surface area contributed by atoms with Gasteiger partial charge < -0.3 is 80.8 Å². The highest BCUT2D eigenvalue weighted by atomic mass is 127. The molecular weight excluding hydrogens is 2060 g/mol. The fourth-order valence-corrected chi connectivity index (χ4v) is 13.9. The first-order valence-electron chi connectivity index (χ1n) is 39.7. The predicted octanol–water partition coefficient (Wildman–Crippen LogP) is 18.6. The first kappa shape index (κ1) is 95.5. The average molecular weight is 2140 g/mol. The lowest BCUT2D eigenvalue weighted by atomic mass is 10.1. The Hall–Kier alpha value is -13.6. The second kappa shape index (κ2) is 48.6. The Labute approximate surface area is 802 Å². The number of hydrogen-bond donors (Lipinski definition) is 4. The molecule has 8 aromatic heterocycles. The van der Waals surface area contributed by atoms with E-state index in [0.29, 0.717) is 42.1 Å². The molecule has 0 radical (unpaired) electrons. The number of fused-ring (bicyclic) bond motifs is 4. The van der Waals surface area contributed by atoms with Crippen molar-refractivity contribution in [2.24, 2.45) is 7.05 Å². The maximum Gasteiger partial charge on any atom is 0.344 e. The van der Waals surface area contributed by atoms with Crippen molar-refractivity contribution in [3.05, 3.63) is 332 Å². The number of aryl methyl sites for hydroxylation is 1. The summed E-state index contributed by atoms with van der Waals surface area (Å²) in [7, 11) is 1.86. The predicted molar refractivity (Wildman–Crippen MR) is 497 cm³/mol. The molecule has 662 valence electrons. The summed E-state index contributed by atoms with van der Waals surface area (Å²) in [5.74, 6) is 4.85. The molecule has 130 heavy (non-hydrogen) atoms. The van der Waals surface area contributed by atoms with Crippen molar-refractivity contribution >= 4 is 99.2 Å². The van der Waals surface area contributed by atoms with E-state index in [4.69, 9.17) is 63.7 Å². The Bertz CT molecular complexity index is 5780. The number of hydrogen-bond acceptors (Lipinski definition) is 23. The summed E-state index contributed by atoms with van der Waals surface area (Å²) in [6.07, 6.45) is 12.8. The van der Waals surface area contributed by atoms with Crippen LogP contribution in [-0.4, -0.2) is 133 Å². The number of pyridine rings is 4. The monoisotopic (exact) mass is 2130 g/mol. The van der Waals surface area contributed by atoms with Crippen molar-refractivity contribution < 1.29 is 105 Å². The Kier molecular flexibility index (Phi) is 35.7. The van der Waals surface area contributed by atoms with Gasteiger partial charge in [-0.1, -0.05) is 124 Å². The summed E-state index contributed by atoms with van der Waals surface area (Å²) >= 11 is 19.1. The number of rotatable bonds is 16. The molecule has 0 spiro atoms. The van der Waals surface area contributed by atoms with Crippen LogP contribution in [0.2, 0.25) is 0 Å². The quantitative estimate of drug-likeness (QED) is 0.0229. The van der Waals surface area contributed by atoms with Crippen LogP contribution in [0.3, 0.4) is 0 Å². The van der Waals surface area contributed by atoms with Gasteiger partial charge in [0.2, 0.25) is 27.2 Å². The highest BCUT2D eigenvalue weighted by Gasteiger charge is 2.21. The molecule has 34 heteroatoms. The van der Waals surface area contributed by atoms with Crippen molar-refractivity contribution in [3.8, 4) is 136 Å². The van der Waals surface area contributed by atoms with Crippen LogP contribution in [0, 0.1) is 0 Å². The molecule has 4 aliphatic heterocycles. The molecule has 0 aliphatic carbocycles. The maximum atomic E-state index is 11.2. The standard InChI is InChI=1S/4C16H11BrN2O2.C9H12NO2.2C8H9NO2.C7H6ClNO2.HI/c4*17-12-3-1-2-10(6-12)13-8-14(19-18-13)11-4-5-15-16(7-11)21-9-20-15;1-3-12-9(11)8-5-4-6-10(2)7-8;2*1-2-11-8(10)7-4-3-5-9-6-7;8-5-11-7(10)6-2-1-3-9-4-6;/h4*1-8H,9H2,(H,18,19);4-7H,3H2,1-2H3;2*3-6H,2H2,1H3;1-4H,5H2;1H/q;;;;+1;;;;/p-1. The first-order chi connectivity index (χ1) is 62.9. The van der Waals surface area contributed by atoms with Crippen LogP contribution in [0.15, 0.2) is 310 Å². The summed E-state index contributed by atoms with van der Waals surface area (Å²) in [5.41, 5.74) is 17.7. The van der Waals surface area contributed by atoms with E-state index in [-0.39, 0.29) is 75.1 Å². The highest BCUT2D eigenvalue weighted by molar-refractivity contribution is 9.11. The molecule has 0 atom stereocenters. The van der Waals surface area contributed by atoms with E-state index < -0.39 is 5.97 Å². The third kappa shape index (κ3) is 27.2.